The first-order valence-electron chi connectivity index (χ1n) is 7.81. The third-order valence-corrected chi connectivity index (χ3v) is 5.13. The van der Waals surface area contributed by atoms with E-state index in [1.54, 1.807) is 0 Å². The van der Waals surface area contributed by atoms with E-state index >= 15 is 0 Å². The maximum atomic E-state index is 12.3. The third-order valence-electron chi connectivity index (χ3n) is 3.76. The lowest BCUT2D eigenvalue weighted by molar-refractivity contribution is 0.0958. The molecule has 0 saturated heterocycles. The van der Waals surface area contributed by atoms with Gasteiger partial charge in [-0.3, -0.25) is 4.79 Å². The molecule has 3 aromatic rings. The maximum Gasteiger partial charge on any atom is 0.261 e. The van der Waals surface area contributed by atoms with Crippen LogP contribution in [-0.2, 0) is 6.42 Å². The van der Waals surface area contributed by atoms with Crippen LogP contribution in [0.25, 0.3) is 10.4 Å². The van der Waals surface area contributed by atoms with Gasteiger partial charge in [-0.25, -0.2) is 0 Å². The fourth-order valence-electron chi connectivity index (χ4n) is 2.42. The van der Waals surface area contributed by atoms with Crippen molar-refractivity contribution in [2.24, 2.45) is 0 Å². The highest BCUT2D eigenvalue weighted by molar-refractivity contribution is 7.17. The summed E-state index contributed by atoms with van der Waals surface area (Å²) in [6.45, 7) is 2.70. The van der Waals surface area contributed by atoms with Crippen molar-refractivity contribution < 1.29 is 4.79 Å². The monoisotopic (exact) mass is 355 g/mol. The highest BCUT2D eigenvalue weighted by Crippen LogP contribution is 2.29. The molecule has 1 heterocycles. The van der Waals surface area contributed by atoms with Crippen LogP contribution >= 0.6 is 22.9 Å². The molecule has 0 atom stereocenters. The number of hydrogen-bond donors (Lipinski definition) is 1. The van der Waals surface area contributed by atoms with Gasteiger partial charge in [0.1, 0.15) is 0 Å². The standard InChI is InChI=1S/C20H18ClNOS/c1-14-5-7-15(8-6-14)11-12-22-20(23)19-10-9-18(24-19)16-3-2-4-17(21)13-16/h2-10,13H,11-12H2,1H3,(H,22,23). The normalized spacial score (nSPS) is 10.6. The van der Waals surface area contributed by atoms with Crippen LogP contribution in [-0.4, -0.2) is 12.5 Å². The Morgan fingerprint density at radius 1 is 1.08 bits per heavy atom. The summed E-state index contributed by atoms with van der Waals surface area (Å²) in [6.07, 6.45) is 0.832. The second-order valence-electron chi connectivity index (χ2n) is 5.67. The molecule has 122 valence electrons. The quantitative estimate of drug-likeness (QED) is 0.656. The molecule has 2 aromatic carbocycles. The molecule has 0 aliphatic heterocycles. The minimum Gasteiger partial charge on any atom is -0.351 e. The Labute approximate surface area is 151 Å². The van der Waals surface area contributed by atoms with E-state index in [-0.39, 0.29) is 5.91 Å². The molecule has 0 fully saturated rings. The zero-order chi connectivity index (χ0) is 16.9. The first-order valence-corrected chi connectivity index (χ1v) is 9.01. The van der Waals surface area contributed by atoms with Gasteiger partial charge in [-0.15, -0.1) is 11.3 Å². The van der Waals surface area contributed by atoms with Crippen molar-refractivity contribution in [1.29, 1.82) is 0 Å². The number of benzene rings is 2. The molecule has 1 amide bonds. The number of carbonyl (C=O) groups excluding carboxylic acids is 1. The SMILES string of the molecule is Cc1ccc(CCNC(=O)c2ccc(-c3cccc(Cl)c3)s2)cc1. The van der Waals surface area contributed by atoms with Gasteiger partial charge >= 0.3 is 0 Å². The Balaban J connectivity index is 1.58. The summed E-state index contributed by atoms with van der Waals surface area (Å²) >= 11 is 7.51. The molecule has 4 heteroatoms. The predicted molar refractivity (Wildman–Crippen MR) is 102 cm³/mol. The van der Waals surface area contributed by atoms with Crippen LogP contribution in [0.4, 0.5) is 0 Å². The fourth-order valence-corrected chi connectivity index (χ4v) is 3.53. The number of rotatable bonds is 5. The minimum absolute atomic E-state index is 0.0274. The van der Waals surface area contributed by atoms with Crippen molar-refractivity contribution in [3.05, 3.63) is 81.7 Å². The lowest BCUT2D eigenvalue weighted by atomic mass is 10.1. The van der Waals surface area contributed by atoms with Crippen molar-refractivity contribution in [2.45, 2.75) is 13.3 Å². The molecule has 0 unspecified atom stereocenters. The Kier molecular flexibility index (Phi) is 5.34. The molecule has 0 spiro atoms. The average molecular weight is 356 g/mol. The van der Waals surface area contributed by atoms with Gasteiger partial charge in [-0.05, 0) is 48.7 Å². The van der Waals surface area contributed by atoms with Crippen molar-refractivity contribution in [2.75, 3.05) is 6.54 Å². The summed E-state index contributed by atoms with van der Waals surface area (Å²) in [5.41, 5.74) is 3.51. The number of amides is 1. The Morgan fingerprint density at radius 2 is 1.88 bits per heavy atom. The van der Waals surface area contributed by atoms with Crippen LogP contribution in [0.15, 0.2) is 60.7 Å². The predicted octanol–water partition coefficient (Wildman–Crippen LogP) is 5.35. The molecule has 0 bridgehead atoms. The fraction of sp³-hybridized carbons (Fsp3) is 0.150. The lowest BCUT2D eigenvalue weighted by Gasteiger charge is -2.04. The molecule has 0 saturated carbocycles. The summed E-state index contributed by atoms with van der Waals surface area (Å²) in [4.78, 5) is 14.0. The van der Waals surface area contributed by atoms with E-state index in [4.69, 9.17) is 11.6 Å². The van der Waals surface area contributed by atoms with E-state index in [9.17, 15) is 4.79 Å². The topological polar surface area (TPSA) is 29.1 Å². The van der Waals surface area contributed by atoms with E-state index in [2.05, 4.69) is 36.5 Å². The van der Waals surface area contributed by atoms with Crippen LogP contribution in [0.5, 0.6) is 0 Å². The van der Waals surface area contributed by atoms with Gasteiger partial charge in [-0.2, -0.15) is 0 Å². The van der Waals surface area contributed by atoms with E-state index in [1.165, 1.54) is 22.5 Å². The van der Waals surface area contributed by atoms with Crippen molar-refractivity contribution >= 4 is 28.8 Å². The molecule has 0 aliphatic rings. The first kappa shape index (κ1) is 16.7. The lowest BCUT2D eigenvalue weighted by Crippen LogP contribution is -2.24. The zero-order valence-electron chi connectivity index (χ0n) is 13.4. The van der Waals surface area contributed by atoms with Gasteiger partial charge < -0.3 is 5.32 Å². The Morgan fingerprint density at radius 3 is 2.62 bits per heavy atom. The van der Waals surface area contributed by atoms with Crippen LogP contribution in [0.3, 0.4) is 0 Å². The summed E-state index contributed by atoms with van der Waals surface area (Å²) in [5.74, 6) is -0.0274. The summed E-state index contributed by atoms with van der Waals surface area (Å²) in [6, 6.07) is 19.9. The molecular weight excluding hydrogens is 338 g/mol. The van der Waals surface area contributed by atoms with Crippen LogP contribution in [0, 0.1) is 6.92 Å². The van der Waals surface area contributed by atoms with Gasteiger partial charge in [0.15, 0.2) is 0 Å². The Bertz CT molecular complexity index is 839. The number of nitrogens with one attached hydrogen (secondary N) is 1. The zero-order valence-corrected chi connectivity index (χ0v) is 15.0. The molecule has 1 N–H and O–H groups in total. The van der Waals surface area contributed by atoms with E-state index in [1.807, 2.05) is 36.4 Å². The highest BCUT2D eigenvalue weighted by atomic mass is 35.5. The van der Waals surface area contributed by atoms with Gasteiger partial charge in [0.25, 0.3) is 5.91 Å². The number of hydrogen-bond acceptors (Lipinski definition) is 2. The number of aryl methyl sites for hydroxylation is 1. The highest BCUT2D eigenvalue weighted by Gasteiger charge is 2.10. The molecule has 0 radical (unpaired) electrons. The molecule has 0 aliphatic carbocycles. The maximum absolute atomic E-state index is 12.3. The summed E-state index contributed by atoms with van der Waals surface area (Å²) in [5, 5.41) is 3.68. The average Bonchev–Trinajstić information content (AvgIpc) is 3.07. The van der Waals surface area contributed by atoms with Gasteiger partial charge in [0.2, 0.25) is 0 Å². The van der Waals surface area contributed by atoms with Crippen LogP contribution < -0.4 is 5.32 Å². The number of halogens is 1. The van der Waals surface area contributed by atoms with Crippen molar-refractivity contribution in [3.8, 4) is 10.4 Å². The van der Waals surface area contributed by atoms with E-state index < -0.39 is 0 Å². The molecule has 3 rings (SSSR count). The van der Waals surface area contributed by atoms with E-state index in [0.717, 1.165) is 16.9 Å². The van der Waals surface area contributed by atoms with Crippen LogP contribution in [0.1, 0.15) is 20.8 Å². The molecule has 1 aromatic heterocycles. The first-order chi connectivity index (χ1) is 11.6. The molecule has 2 nitrogen and oxygen atoms in total. The Hall–Kier alpha value is -2.10. The third kappa shape index (κ3) is 4.25. The van der Waals surface area contributed by atoms with E-state index in [0.29, 0.717) is 16.4 Å². The van der Waals surface area contributed by atoms with Gasteiger partial charge in [0, 0.05) is 16.4 Å². The van der Waals surface area contributed by atoms with Crippen molar-refractivity contribution in [3.63, 3.8) is 0 Å². The summed E-state index contributed by atoms with van der Waals surface area (Å²) < 4.78 is 0. The number of thiophene rings is 1. The smallest absolute Gasteiger partial charge is 0.261 e. The minimum atomic E-state index is -0.0274. The van der Waals surface area contributed by atoms with Crippen molar-refractivity contribution in [1.82, 2.24) is 5.32 Å². The second-order valence-corrected chi connectivity index (χ2v) is 7.19. The second kappa shape index (κ2) is 7.65. The summed E-state index contributed by atoms with van der Waals surface area (Å²) in [7, 11) is 0. The molecule has 24 heavy (non-hydrogen) atoms. The number of carbonyl (C=O) groups is 1. The molecular formula is C20H18ClNOS. The largest absolute Gasteiger partial charge is 0.351 e. The van der Waals surface area contributed by atoms with Crippen LogP contribution in [0.2, 0.25) is 5.02 Å². The van der Waals surface area contributed by atoms with Gasteiger partial charge in [0.05, 0.1) is 4.88 Å². The van der Waals surface area contributed by atoms with Gasteiger partial charge in [-0.1, -0.05) is 53.6 Å².